The molecule has 5 heteroatoms. The van der Waals surface area contributed by atoms with Crippen LogP contribution < -0.4 is 0 Å². The first kappa shape index (κ1) is 43.6. The zero-order valence-electron chi connectivity index (χ0n) is 42.4. The summed E-state index contributed by atoms with van der Waals surface area (Å²) in [6.45, 7) is 29.0. The van der Waals surface area contributed by atoms with Gasteiger partial charge in [-0.25, -0.2) is 0 Å². The molecule has 0 saturated heterocycles. The van der Waals surface area contributed by atoms with Crippen LogP contribution in [0.15, 0.2) is 84.8 Å². The number of pyridine rings is 2. The molecule has 321 valence electrons. The van der Waals surface area contributed by atoms with Crippen LogP contribution in [-0.4, -0.2) is 20.9 Å². The maximum absolute atomic E-state index is 11.7. The average Bonchev–Trinajstić information content (AvgIpc) is 3.20. The topological polar surface area (TPSA) is 63.1 Å². The first-order chi connectivity index (χ1) is 29.6. The van der Waals surface area contributed by atoms with Crippen LogP contribution in [0.25, 0.3) is 44.1 Å². The molecule has 0 saturated carbocycles. The summed E-state index contributed by atoms with van der Waals surface area (Å²) in [5, 5.41) is 13.2. The minimum Gasteiger partial charge on any atom is -0.512 e. The molecular weight excluding hydrogens is 913 g/mol. The second kappa shape index (κ2) is 23.0. The van der Waals surface area contributed by atoms with Crippen molar-refractivity contribution >= 4 is 27.3 Å². The first-order valence-electron chi connectivity index (χ1n) is 23.4. The molecule has 0 unspecified atom stereocenters. The van der Waals surface area contributed by atoms with Gasteiger partial charge < -0.3 is 15.1 Å². The van der Waals surface area contributed by atoms with Gasteiger partial charge in [-0.1, -0.05) is 107 Å². The van der Waals surface area contributed by atoms with E-state index in [0.717, 1.165) is 92.0 Å². The Hall–Kier alpha value is -4.44. The summed E-state index contributed by atoms with van der Waals surface area (Å²) < 4.78 is 32.8. The van der Waals surface area contributed by atoms with E-state index in [1.54, 1.807) is 0 Å². The molecule has 4 nitrogen and oxygen atoms in total. The minimum absolute atomic E-state index is 0. The van der Waals surface area contributed by atoms with Crippen LogP contribution in [0.5, 0.6) is 0 Å². The Kier molecular flexibility index (Phi) is 16.7. The van der Waals surface area contributed by atoms with E-state index in [1.807, 2.05) is 53.7 Å². The standard InChI is InChI=1S/2C21H22N.C13H24O2.Ir/c2*1-13(2)19-12-17-6-7-22-21(20(17)11-16(19)5)18-9-14(3)8-15(4)10-18;1-5-10(6-2)12(14)9-13(15)11(7-3)8-4;/h2*6-9,11-13H,1-5H3;9-11,14H,5-8H2,1-4H3;/q2*-1;;/b;;12-9-;/i2*6D,7D;;. The number of hydrogen-bond acceptors (Lipinski definition) is 4. The Morgan fingerprint density at radius 3 is 1.35 bits per heavy atom. The molecule has 0 aliphatic heterocycles. The third-order valence-electron chi connectivity index (χ3n) is 11.2. The molecule has 0 atom stereocenters. The van der Waals surface area contributed by atoms with Gasteiger partial charge in [0.25, 0.3) is 0 Å². The van der Waals surface area contributed by atoms with Crippen LogP contribution in [0.2, 0.25) is 0 Å². The number of aromatic nitrogens is 2. The molecule has 60 heavy (non-hydrogen) atoms. The van der Waals surface area contributed by atoms with E-state index in [2.05, 4.69) is 114 Å². The Bertz CT molecular complexity index is 2430. The monoisotopic (exact) mass is 986 g/mol. The van der Waals surface area contributed by atoms with Crippen molar-refractivity contribution in [2.75, 3.05) is 0 Å². The quantitative estimate of drug-likeness (QED) is 0.0798. The van der Waals surface area contributed by atoms with Crippen molar-refractivity contribution in [3.05, 3.63) is 141 Å². The molecule has 6 aromatic rings. The fourth-order valence-corrected chi connectivity index (χ4v) is 7.94. The van der Waals surface area contributed by atoms with Crippen molar-refractivity contribution in [3.8, 4) is 22.5 Å². The SMILES string of the molecule is CCC(CC)C(=O)/C=C(\O)C(CC)CC.[2H]c1nc(-c2[c-]c(C)cc(C)c2)c2cc(C)c(C(C)C)cc2c1[2H].[2H]c1nc(-c2[c-]c(C)cc(C)c2)c2cc(C)c(C(C)C)cc2c1[2H].[Ir]. The Labute approximate surface area is 381 Å². The third kappa shape index (κ3) is 12.8. The van der Waals surface area contributed by atoms with Gasteiger partial charge in [0.2, 0.25) is 0 Å². The van der Waals surface area contributed by atoms with Crippen molar-refractivity contribution < 1.29 is 35.5 Å². The van der Waals surface area contributed by atoms with Gasteiger partial charge in [-0.15, -0.1) is 69.8 Å². The summed E-state index contributed by atoms with van der Waals surface area (Å²) in [6, 6.07) is 23.7. The maximum atomic E-state index is 11.7. The van der Waals surface area contributed by atoms with E-state index in [0.29, 0.717) is 11.8 Å². The number of aryl methyl sites for hydroxylation is 6. The Morgan fingerprint density at radius 1 is 0.633 bits per heavy atom. The van der Waals surface area contributed by atoms with Crippen LogP contribution >= 0.6 is 0 Å². The second-order valence-electron chi connectivity index (χ2n) is 16.7. The molecule has 0 bridgehead atoms. The van der Waals surface area contributed by atoms with Gasteiger partial charge in [-0.05, 0) is 119 Å². The van der Waals surface area contributed by atoms with Crippen LogP contribution in [0.3, 0.4) is 0 Å². The number of aliphatic hydroxyl groups excluding tert-OH is 1. The molecule has 4 aromatic carbocycles. The predicted molar refractivity (Wildman–Crippen MR) is 252 cm³/mol. The summed E-state index contributed by atoms with van der Waals surface area (Å²) in [4.78, 5) is 20.5. The van der Waals surface area contributed by atoms with Crippen LogP contribution in [-0.2, 0) is 24.9 Å². The number of carbonyl (C=O) groups is 1. The number of aliphatic hydroxyl groups is 1. The number of ketones is 1. The van der Waals surface area contributed by atoms with Crippen molar-refractivity contribution in [1.29, 1.82) is 0 Å². The van der Waals surface area contributed by atoms with Gasteiger partial charge in [-0.3, -0.25) is 4.79 Å². The van der Waals surface area contributed by atoms with E-state index in [4.69, 9.17) is 5.48 Å². The van der Waals surface area contributed by atoms with Crippen LogP contribution in [0.4, 0.5) is 0 Å². The molecule has 0 fully saturated rings. The summed E-state index contributed by atoms with van der Waals surface area (Å²) in [5.74, 6) is 1.31. The van der Waals surface area contributed by atoms with E-state index < -0.39 is 0 Å². The summed E-state index contributed by atoms with van der Waals surface area (Å²) in [7, 11) is 0. The molecule has 2 aromatic heterocycles. The Morgan fingerprint density at radius 2 is 1.02 bits per heavy atom. The second-order valence-corrected chi connectivity index (χ2v) is 16.7. The number of benzene rings is 4. The number of fused-ring (bicyclic) bond motifs is 2. The Balaban J connectivity index is 0.000000262. The molecule has 2 heterocycles. The van der Waals surface area contributed by atoms with Crippen molar-refractivity contribution in [3.63, 3.8) is 0 Å². The average molecular weight is 985 g/mol. The number of allylic oxidation sites excluding steroid dienone is 2. The third-order valence-corrected chi connectivity index (χ3v) is 11.2. The smallest absolute Gasteiger partial charge is 0.162 e. The van der Waals surface area contributed by atoms with Gasteiger partial charge in [-0.2, -0.15) is 0 Å². The van der Waals surface area contributed by atoms with Crippen LogP contribution in [0, 0.1) is 65.5 Å². The van der Waals surface area contributed by atoms with Crippen LogP contribution in [0.1, 0.15) is 143 Å². The van der Waals surface area contributed by atoms with E-state index in [1.165, 1.54) is 28.3 Å². The van der Waals surface area contributed by atoms with Gasteiger partial charge in [0, 0.05) is 50.4 Å². The van der Waals surface area contributed by atoms with E-state index in [9.17, 15) is 9.90 Å². The van der Waals surface area contributed by atoms with Gasteiger partial charge in [0.15, 0.2) is 5.78 Å². The number of hydrogen-bond donors (Lipinski definition) is 1. The number of rotatable bonds is 11. The fourth-order valence-electron chi connectivity index (χ4n) is 7.94. The van der Waals surface area contributed by atoms with Crippen molar-refractivity contribution in [2.24, 2.45) is 11.8 Å². The molecule has 0 aliphatic rings. The predicted octanol–water partition coefficient (Wildman–Crippen LogP) is 15.4. The van der Waals surface area contributed by atoms with Gasteiger partial charge in [0.1, 0.15) is 0 Å². The molecule has 0 amide bonds. The maximum Gasteiger partial charge on any atom is 0.162 e. The molecule has 1 N–H and O–H groups in total. The first-order valence-corrected chi connectivity index (χ1v) is 21.4. The molecule has 0 aliphatic carbocycles. The molecule has 6 rings (SSSR count). The largest absolute Gasteiger partial charge is 0.512 e. The zero-order valence-corrected chi connectivity index (χ0v) is 40.8. The summed E-state index contributed by atoms with van der Waals surface area (Å²) in [5.41, 5.74) is 12.5. The fraction of sp³-hybridized carbons (Fsp3) is 0.400. The molecule has 1 radical (unpaired) electrons. The zero-order chi connectivity index (χ0) is 47.0. The molecule has 0 spiro atoms. The normalized spacial score (nSPS) is 12.4. The molecular formula is C55H68IrN2O2-2. The van der Waals surface area contributed by atoms with Gasteiger partial charge >= 0.3 is 0 Å². The number of nitrogens with zero attached hydrogens (tertiary/aromatic N) is 2. The summed E-state index contributed by atoms with van der Waals surface area (Å²) in [6.07, 6.45) is 4.94. The summed E-state index contributed by atoms with van der Waals surface area (Å²) >= 11 is 0. The number of carbonyl (C=O) groups excluding carboxylic acids is 1. The van der Waals surface area contributed by atoms with Crippen molar-refractivity contribution in [2.45, 2.75) is 134 Å². The minimum atomic E-state index is 0. The van der Waals surface area contributed by atoms with E-state index >= 15 is 0 Å². The van der Waals surface area contributed by atoms with E-state index in [-0.39, 0.29) is 67.9 Å². The van der Waals surface area contributed by atoms with Gasteiger partial charge in [0.05, 0.1) is 11.2 Å². The van der Waals surface area contributed by atoms with Crippen molar-refractivity contribution in [1.82, 2.24) is 9.97 Å².